The zero-order valence-electron chi connectivity index (χ0n) is 8.27. The van der Waals surface area contributed by atoms with Crippen LogP contribution in [-0.4, -0.2) is 35.5 Å². The maximum atomic E-state index is 11.4. The second-order valence-corrected chi connectivity index (χ2v) is 3.77. The molecule has 0 saturated carbocycles. The quantitative estimate of drug-likeness (QED) is 0.577. The molecule has 0 spiro atoms. The van der Waals surface area contributed by atoms with Crippen molar-refractivity contribution in [3.05, 3.63) is 17.8 Å². The van der Waals surface area contributed by atoms with E-state index in [9.17, 15) is 4.79 Å². The van der Waals surface area contributed by atoms with Crippen LogP contribution >= 0.6 is 11.8 Å². The fraction of sp³-hybridized carbons (Fsp3) is 0.333. The minimum Gasteiger partial charge on any atom is -0.465 e. The van der Waals surface area contributed by atoms with Gasteiger partial charge in [-0.2, -0.15) is 0 Å². The number of esters is 1. The lowest BCUT2D eigenvalue weighted by molar-refractivity contribution is 0.0596. The highest BCUT2D eigenvalue weighted by atomic mass is 32.2. The van der Waals surface area contributed by atoms with Gasteiger partial charge in [-0.1, -0.05) is 0 Å². The summed E-state index contributed by atoms with van der Waals surface area (Å²) in [5.74, 6) is -0.00350. The van der Waals surface area contributed by atoms with Crippen LogP contribution in [-0.2, 0) is 4.74 Å². The lowest BCUT2D eigenvalue weighted by atomic mass is 10.3. The molecule has 0 unspecified atom stereocenters. The number of rotatable bonds is 4. The number of aliphatic hydroxyl groups is 1. The molecule has 0 aliphatic rings. The average Bonchev–Trinajstić information content (AvgIpc) is 2.26. The average molecular weight is 228 g/mol. The van der Waals surface area contributed by atoms with E-state index >= 15 is 0 Å². The predicted molar refractivity (Wildman–Crippen MR) is 57.8 cm³/mol. The summed E-state index contributed by atoms with van der Waals surface area (Å²) in [6.45, 7) is 0.0251. The molecule has 0 radical (unpaired) electrons. The van der Waals surface area contributed by atoms with Crippen molar-refractivity contribution in [3.63, 3.8) is 0 Å². The van der Waals surface area contributed by atoms with Crippen LogP contribution in [0, 0.1) is 0 Å². The Bertz CT molecular complexity index is 357. The zero-order chi connectivity index (χ0) is 11.3. The van der Waals surface area contributed by atoms with E-state index in [-0.39, 0.29) is 6.61 Å². The molecule has 0 aliphatic carbocycles. The molecule has 1 heterocycles. The highest BCUT2D eigenvalue weighted by Gasteiger charge is 2.13. The Hall–Kier alpha value is -1.27. The molecule has 15 heavy (non-hydrogen) atoms. The fourth-order valence-electron chi connectivity index (χ4n) is 0.982. The smallest absolute Gasteiger partial charge is 0.340 e. The maximum absolute atomic E-state index is 11.4. The zero-order valence-corrected chi connectivity index (χ0v) is 9.08. The van der Waals surface area contributed by atoms with Crippen molar-refractivity contribution in [2.45, 2.75) is 5.03 Å². The molecule has 1 aromatic heterocycles. The molecule has 0 aliphatic heterocycles. The summed E-state index contributed by atoms with van der Waals surface area (Å²) >= 11 is 1.28. The summed E-state index contributed by atoms with van der Waals surface area (Å²) in [6.07, 6.45) is 1.46. The first-order valence-corrected chi connectivity index (χ1v) is 5.25. The van der Waals surface area contributed by atoms with Crippen molar-refractivity contribution in [1.82, 2.24) is 4.98 Å². The normalized spacial score (nSPS) is 10.0. The Morgan fingerprint density at radius 3 is 3.07 bits per heavy atom. The molecule has 0 fully saturated rings. The number of methoxy groups -OCH3 is 1. The van der Waals surface area contributed by atoms with Crippen molar-refractivity contribution in [2.24, 2.45) is 0 Å². The number of carbonyl (C=O) groups is 1. The lowest BCUT2D eigenvalue weighted by Gasteiger charge is -2.06. The van der Waals surface area contributed by atoms with Gasteiger partial charge in [0.15, 0.2) is 0 Å². The second kappa shape index (κ2) is 5.57. The van der Waals surface area contributed by atoms with Gasteiger partial charge in [-0.15, -0.1) is 11.8 Å². The molecule has 0 saturated heterocycles. The van der Waals surface area contributed by atoms with Crippen molar-refractivity contribution in [2.75, 3.05) is 25.2 Å². The standard InChI is InChI=1S/C9H12N2O3S/c1-14-9(13)7-4-6(10)5-11-8(7)15-3-2-12/h4-5,12H,2-3,10H2,1H3. The van der Waals surface area contributed by atoms with E-state index in [1.165, 1.54) is 31.1 Å². The SMILES string of the molecule is COC(=O)c1cc(N)cnc1SCCO. The summed E-state index contributed by atoms with van der Waals surface area (Å²) in [4.78, 5) is 15.4. The van der Waals surface area contributed by atoms with Gasteiger partial charge in [0.05, 0.1) is 31.2 Å². The second-order valence-electron chi connectivity index (χ2n) is 2.69. The monoisotopic (exact) mass is 228 g/mol. The maximum Gasteiger partial charge on any atom is 0.340 e. The molecule has 3 N–H and O–H groups in total. The minimum absolute atomic E-state index is 0.0251. The molecule has 1 rings (SSSR count). The van der Waals surface area contributed by atoms with Gasteiger partial charge in [-0.05, 0) is 6.07 Å². The predicted octanol–water partition coefficient (Wildman–Crippen LogP) is 0.535. The van der Waals surface area contributed by atoms with Crippen molar-refractivity contribution in [1.29, 1.82) is 0 Å². The van der Waals surface area contributed by atoms with Gasteiger partial charge >= 0.3 is 5.97 Å². The van der Waals surface area contributed by atoms with Crippen molar-refractivity contribution >= 4 is 23.4 Å². The summed E-state index contributed by atoms with van der Waals surface area (Å²) in [5.41, 5.74) is 6.26. The van der Waals surface area contributed by atoms with Crippen LogP contribution in [0.3, 0.4) is 0 Å². The van der Waals surface area contributed by atoms with E-state index in [0.29, 0.717) is 22.0 Å². The van der Waals surface area contributed by atoms with Crippen LogP contribution in [0.25, 0.3) is 0 Å². The number of ether oxygens (including phenoxy) is 1. The molecule has 5 nitrogen and oxygen atoms in total. The van der Waals surface area contributed by atoms with Crippen LogP contribution in [0.1, 0.15) is 10.4 Å². The Kier molecular flexibility index (Phi) is 4.38. The third-order valence-electron chi connectivity index (χ3n) is 1.61. The molecule has 6 heteroatoms. The van der Waals surface area contributed by atoms with Gasteiger partial charge < -0.3 is 15.6 Å². The number of aromatic nitrogens is 1. The molecule has 0 aromatic carbocycles. The highest BCUT2D eigenvalue weighted by Crippen LogP contribution is 2.22. The first kappa shape index (κ1) is 11.8. The highest BCUT2D eigenvalue weighted by molar-refractivity contribution is 7.99. The van der Waals surface area contributed by atoms with Gasteiger partial charge in [0.1, 0.15) is 5.03 Å². The van der Waals surface area contributed by atoms with E-state index in [4.69, 9.17) is 10.8 Å². The number of nitrogens with zero attached hydrogens (tertiary/aromatic N) is 1. The van der Waals surface area contributed by atoms with Crippen molar-refractivity contribution in [3.8, 4) is 0 Å². The Morgan fingerprint density at radius 1 is 1.73 bits per heavy atom. The number of hydrogen-bond acceptors (Lipinski definition) is 6. The number of nitrogen functional groups attached to an aromatic ring is 1. The third kappa shape index (κ3) is 3.10. The molecule has 0 atom stereocenters. The van der Waals surface area contributed by atoms with Crippen LogP contribution in [0.15, 0.2) is 17.3 Å². The molecular weight excluding hydrogens is 216 g/mol. The number of anilines is 1. The van der Waals surface area contributed by atoms with Gasteiger partial charge in [-0.25, -0.2) is 9.78 Å². The Balaban J connectivity index is 2.97. The Morgan fingerprint density at radius 2 is 2.47 bits per heavy atom. The molecule has 82 valence electrons. The summed E-state index contributed by atoms with van der Waals surface area (Å²) < 4.78 is 4.60. The number of aliphatic hydroxyl groups excluding tert-OH is 1. The van der Waals surface area contributed by atoms with Crippen LogP contribution in [0.4, 0.5) is 5.69 Å². The number of hydrogen-bond donors (Lipinski definition) is 2. The topological polar surface area (TPSA) is 85.4 Å². The first-order valence-electron chi connectivity index (χ1n) is 4.26. The molecule has 1 aromatic rings. The number of pyridine rings is 1. The molecule has 0 amide bonds. The van der Waals surface area contributed by atoms with E-state index in [2.05, 4.69) is 9.72 Å². The van der Waals surface area contributed by atoms with Crippen LogP contribution in [0.2, 0.25) is 0 Å². The minimum atomic E-state index is -0.477. The number of carbonyl (C=O) groups excluding carboxylic acids is 1. The Labute approximate surface area is 91.6 Å². The number of nitrogens with two attached hydrogens (primary N) is 1. The fourth-order valence-corrected chi connectivity index (χ4v) is 1.69. The van der Waals surface area contributed by atoms with Gasteiger partial charge in [-0.3, -0.25) is 0 Å². The van der Waals surface area contributed by atoms with Crippen molar-refractivity contribution < 1.29 is 14.6 Å². The van der Waals surface area contributed by atoms with Crippen LogP contribution in [0.5, 0.6) is 0 Å². The summed E-state index contributed by atoms with van der Waals surface area (Å²) in [7, 11) is 1.30. The summed E-state index contributed by atoms with van der Waals surface area (Å²) in [6, 6.07) is 1.51. The van der Waals surface area contributed by atoms with E-state index in [1.807, 2.05) is 0 Å². The number of thioether (sulfide) groups is 1. The van der Waals surface area contributed by atoms with Gasteiger partial charge in [0, 0.05) is 5.75 Å². The lowest BCUT2D eigenvalue weighted by Crippen LogP contribution is -2.06. The third-order valence-corrected chi connectivity index (χ3v) is 2.59. The van der Waals surface area contributed by atoms with Gasteiger partial charge in [0.2, 0.25) is 0 Å². The van der Waals surface area contributed by atoms with Gasteiger partial charge in [0.25, 0.3) is 0 Å². The van der Waals surface area contributed by atoms with E-state index in [0.717, 1.165) is 0 Å². The van der Waals surface area contributed by atoms with E-state index < -0.39 is 5.97 Å². The molecular formula is C9H12N2O3S. The first-order chi connectivity index (χ1) is 7.19. The largest absolute Gasteiger partial charge is 0.465 e. The molecule has 0 bridgehead atoms. The van der Waals surface area contributed by atoms with E-state index in [1.54, 1.807) is 0 Å². The van der Waals surface area contributed by atoms with Crippen LogP contribution < -0.4 is 5.73 Å². The summed E-state index contributed by atoms with van der Waals surface area (Å²) in [5, 5.41) is 9.20.